The Morgan fingerprint density at radius 3 is 2.79 bits per heavy atom. The minimum atomic E-state index is -0.104. The van der Waals surface area contributed by atoms with E-state index >= 15 is 0 Å². The van der Waals surface area contributed by atoms with Gasteiger partial charge in [0, 0.05) is 18.8 Å². The second-order valence-electron chi connectivity index (χ2n) is 5.83. The molecule has 0 unspecified atom stereocenters. The molecule has 4 rings (SSSR count). The Bertz CT molecular complexity index is 836. The van der Waals surface area contributed by atoms with Crippen LogP contribution in [-0.2, 0) is 0 Å². The van der Waals surface area contributed by atoms with Crippen LogP contribution in [0.2, 0.25) is 0 Å². The Balaban J connectivity index is 1.34. The van der Waals surface area contributed by atoms with Crippen molar-refractivity contribution >= 4 is 23.1 Å². The summed E-state index contributed by atoms with van der Waals surface area (Å²) < 4.78 is 5.34. The summed E-state index contributed by atoms with van der Waals surface area (Å²) in [7, 11) is 0. The lowest BCUT2D eigenvalue weighted by Gasteiger charge is -2.36. The summed E-state index contributed by atoms with van der Waals surface area (Å²) in [6.07, 6.45) is 0. The predicted octanol–water partition coefficient (Wildman–Crippen LogP) is 3.74. The third-order valence-corrected chi connectivity index (χ3v) is 4.87. The summed E-state index contributed by atoms with van der Waals surface area (Å²) in [6, 6.07) is 11.6. The van der Waals surface area contributed by atoms with Gasteiger partial charge in [0.1, 0.15) is 0 Å². The van der Waals surface area contributed by atoms with Crippen LogP contribution in [0.25, 0.3) is 10.7 Å². The summed E-state index contributed by atoms with van der Waals surface area (Å²) in [6.45, 7) is 3.19. The lowest BCUT2D eigenvalue weighted by molar-refractivity contribution is 0.147. The molecule has 0 atom stereocenters. The number of carbonyl (C=O) groups excluding carboxylic acids is 1. The van der Waals surface area contributed by atoms with Crippen LogP contribution in [0.5, 0.6) is 0 Å². The van der Waals surface area contributed by atoms with E-state index in [9.17, 15) is 4.79 Å². The number of urea groups is 1. The van der Waals surface area contributed by atoms with Gasteiger partial charge in [0.25, 0.3) is 0 Å². The van der Waals surface area contributed by atoms with Crippen molar-refractivity contribution in [3.05, 3.63) is 53.2 Å². The molecule has 1 aromatic carbocycles. The van der Waals surface area contributed by atoms with Crippen molar-refractivity contribution in [2.24, 2.45) is 0 Å². The van der Waals surface area contributed by atoms with E-state index in [-0.39, 0.29) is 11.9 Å². The van der Waals surface area contributed by atoms with Crippen molar-refractivity contribution in [3.8, 4) is 10.7 Å². The molecule has 1 aliphatic rings. The van der Waals surface area contributed by atoms with Gasteiger partial charge < -0.3 is 14.7 Å². The molecular weight excluding hydrogens is 324 g/mol. The Labute approximate surface area is 143 Å². The number of rotatable bonds is 3. The Hall–Kier alpha value is -2.67. The molecule has 0 bridgehead atoms. The zero-order valence-electron chi connectivity index (χ0n) is 13.1. The van der Waals surface area contributed by atoms with Crippen molar-refractivity contribution in [3.63, 3.8) is 0 Å². The Morgan fingerprint density at radius 2 is 2.08 bits per heavy atom. The molecule has 2 aromatic heterocycles. The lowest BCUT2D eigenvalue weighted by Crippen LogP contribution is -2.50. The highest BCUT2D eigenvalue weighted by atomic mass is 32.1. The smallest absolute Gasteiger partial charge is 0.321 e. The molecule has 0 radical (unpaired) electrons. The molecule has 7 heteroatoms. The third-order valence-electron chi connectivity index (χ3n) is 4.00. The molecule has 0 aliphatic carbocycles. The second kappa shape index (κ2) is 6.09. The Morgan fingerprint density at radius 1 is 1.29 bits per heavy atom. The van der Waals surface area contributed by atoms with Crippen LogP contribution < -0.4 is 5.32 Å². The van der Waals surface area contributed by atoms with Crippen LogP contribution in [0.4, 0.5) is 10.5 Å². The summed E-state index contributed by atoms with van der Waals surface area (Å²) in [5.74, 6) is 1.32. The fourth-order valence-electron chi connectivity index (χ4n) is 2.55. The molecule has 1 fully saturated rings. The Kier molecular flexibility index (Phi) is 3.78. The van der Waals surface area contributed by atoms with E-state index in [4.69, 9.17) is 4.52 Å². The predicted molar refractivity (Wildman–Crippen MR) is 92.1 cm³/mol. The molecule has 2 amide bonds. The minimum absolute atomic E-state index is 0.104. The number of hydrogen-bond acceptors (Lipinski definition) is 5. The molecule has 1 aliphatic heterocycles. The molecule has 1 saturated heterocycles. The average Bonchev–Trinajstić information content (AvgIpc) is 3.19. The van der Waals surface area contributed by atoms with Crippen LogP contribution in [0, 0.1) is 6.92 Å². The van der Waals surface area contributed by atoms with Crippen LogP contribution in [0.15, 0.2) is 46.3 Å². The maximum atomic E-state index is 12.2. The summed E-state index contributed by atoms with van der Waals surface area (Å²) in [5.41, 5.74) is 1.96. The standard InChI is InChI=1S/C17H16N4O2S/c1-11-4-6-13(7-5-11)18-17(22)21-9-12(10-21)16-19-15(20-23-16)14-3-2-8-24-14/h2-8,12H,9-10H2,1H3,(H,18,22). The summed E-state index contributed by atoms with van der Waals surface area (Å²) in [4.78, 5) is 19.4. The van der Waals surface area contributed by atoms with Crippen molar-refractivity contribution in [2.75, 3.05) is 18.4 Å². The maximum absolute atomic E-state index is 12.2. The number of anilines is 1. The lowest BCUT2D eigenvalue weighted by atomic mass is 10.0. The molecule has 1 N–H and O–H groups in total. The minimum Gasteiger partial charge on any atom is -0.339 e. The van der Waals surface area contributed by atoms with E-state index in [2.05, 4.69) is 15.5 Å². The molecule has 6 nitrogen and oxygen atoms in total. The molecule has 24 heavy (non-hydrogen) atoms. The van der Waals surface area contributed by atoms with Gasteiger partial charge in [0.15, 0.2) is 0 Å². The number of aromatic nitrogens is 2. The fourth-order valence-corrected chi connectivity index (χ4v) is 3.20. The first-order valence-electron chi connectivity index (χ1n) is 7.69. The first-order valence-corrected chi connectivity index (χ1v) is 8.57. The fraction of sp³-hybridized carbons (Fsp3) is 0.235. The van der Waals surface area contributed by atoms with Crippen molar-refractivity contribution in [1.29, 1.82) is 0 Å². The number of amides is 2. The number of aryl methyl sites for hydroxylation is 1. The molecule has 122 valence electrons. The molecule has 3 aromatic rings. The number of hydrogen-bond donors (Lipinski definition) is 1. The zero-order chi connectivity index (χ0) is 16.5. The zero-order valence-corrected chi connectivity index (χ0v) is 13.9. The second-order valence-corrected chi connectivity index (χ2v) is 6.78. The van der Waals surface area contributed by atoms with Gasteiger partial charge in [-0.15, -0.1) is 11.3 Å². The van der Waals surface area contributed by atoms with Gasteiger partial charge in [-0.2, -0.15) is 4.98 Å². The number of carbonyl (C=O) groups is 1. The number of thiophene rings is 1. The van der Waals surface area contributed by atoms with E-state index in [1.54, 1.807) is 16.2 Å². The van der Waals surface area contributed by atoms with Crippen LogP contribution >= 0.6 is 11.3 Å². The van der Waals surface area contributed by atoms with E-state index in [0.29, 0.717) is 24.8 Å². The largest absolute Gasteiger partial charge is 0.339 e. The van der Waals surface area contributed by atoms with E-state index in [0.717, 1.165) is 16.1 Å². The van der Waals surface area contributed by atoms with E-state index < -0.39 is 0 Å². The van der Waals surface area contributed by atoms with E-state index in [1.807, 2.05) is 48.7 Å². The monoisotopic (exact) mass is 340 g/mol. The number of benzene rings is 1. The van der Waals surface area contributed by atoms with Gasteiger partial charge in [-0.05, 0) is 30.5 Å². The highest BCUT2D eigenvalue weighted by Gasteiger charge is 2.35. The van der Waals surface area contributed by atoms with Gasteiger partial charge >= 0.3 is 6.03 Å². The summed E-state index contributed by atoms with van der Waals surface area (Å²) in [5, 5.41) is 8.88. The van der Waals surface area contributed by atoms with Gasteiger partial charge in [0.2, 0.25) is 11.7 Å². The number of nitrogens with zero attached hydrogens (tertiary/aromatic N) is 3. The topological polar surface area (TPSA) is 71.3 Å². The molecule has 3 heterocycles. The SMILES string of the molecule is Cc1ccc(NC(=O)N2CC(c3nc(-c4cccs4)no3)C2)cc1. The third kappa shape index (κ3) is 2.90. The number of likely N-dealkylation sites (tertiary alicyclic amines) is 1. The average molecular weight is 340 g/mol. The van der Waals surface area contributed by atoms with Crippen molar-refractivity contribution in [1.82, 2.24) is 15.0 Å². The van der Waals surface area contributed by atoms with E-state index in [1.165, 1.54) is 0 Å². The van der Waals surface area contributed by atoms with Crippen molar-refractivity contribution in [2.45, 2.75) is 12.8 Å². The summed E-state index contributed by atoms with van der Waals surface area (Å²) >= 11 is 1.57. The van der Waals surface area contributed by atoms with Gasteiger partial charge in [-0.1, -0.05) is 28.9 Å². The van der Waals surface area contributed by atoms with Crippen molar-refractivity contribution < 1.29 is 9.32 Å². The van der Waals surface area contributed by atoms with Gasteiger partial charge in [-0.3, -0.25) is 0 Å². The number of nitrogens with one attached hydrogen (secondary N) is 1. The quantitative estimate of drug-likeness (QED) is 0.788. The van der Waals surface area contributed by atoms with Crippen LogP contribution in [0.1, 0.15) is 17.4 Å². The molecule has 0 spiro atoms. The molecular formula is C17H16N4O2S. The van der Waals surface area contributed by atoms with Gasteiger partial charge in [-0.25, -0.2) is 4.79 Å². The van der Waals surface area contributed by atoms with Gasteiger partial charge in [0.05, 0.1) is 10.8 Å². The normalized spacial score (nSPS) is 14.5. The first-order chi connectivity index (χ1) is 11.7. The molecule has 0 saturated carbocycles. The van der Waals surface area contributed by atoms with Crippen LogP contribution in [-0.4, -0.2) is 34.2 Å². The highest BCUT2D eigenvalue weighted by Crippen LogP contribution is 2.29. The highest BCUT2D eigenvalue weighted by molar-refractivity contribution is 7.13. The van der Waals surface area contributed by atoms with Crippen LogP contribution in [0.3, 0.4) is 0 Å². The maximum Gasteiger partial charge on any atom is 0.321 e. The first kappa shape index (κ1) is 14.9.